The molecule has 40 heavy (non-hydrogen) atoms. The van der Waals surface area contributed by atoms with Crippen molar-refractivity contribution in [1.82, 2.24) is 4.57 Å². The van der Waals surface area contributed by atoms with Crippen LogP contribution in [-0.4, -0.2) is 14.4 Å². The molecule has 12 heteroatoms. The number of ether oxygens (including phenoxy) is 1. The molecule has 0 aliphatic carbocycles. The first-order chi connectivity index (χ1) is 18.9. The van der Waals surface area contributed by atoms with Gasteiger partial charge < -0.3 is 9.30 Å². The van der Waals surface area contributed by atoms with Gasteiger partial charge in [-0.1, -0.05) is 12.1 Å². The predicted octanol–water partition coefficient (Wildman–Crippen LogP) is 7.79. The number of nitrogens with zero attached hydrogens (tertiary/aromatic N) is 4. The first-order valence-electron chi connectivity index (χ1n) is 11.6. The molecule has 0 radical (unpaired) electrons. The molecule has 0 saturated heterocycles. The van der Waals surface area contributed by atoms with Crippen molar-refractivity contribution in [2.75, 3.05) is 0 Å². The van der Waals surface area contributed by atoms with Gasteiger partial charge in [-0.05, 0) is 79.6 Å². The number of nitro groups is 2. The molecule has 0 aliphatic rings. The molecule has 1 aromatic heterocycles. The largest absolute Gasteiger partial charge is 0.450 e. The summed E-state index contributed by atoms with van der Waals surface area (Å²) in [5, 5.41) is 32.0. The summed E-state index contributed by atoms with van der Waals surface area (Å²) < 4.78 is 46.2. The van der Waals surface area contributed by atoms with E-state index in [1.807, 2.05) is 30.6 Å². The number of nitriles is 1. The van der Waals surface area contributed by atoms with Crippen molar-refractivity contribution in [2.24, 2.45) is 0 Å². The normalized spacial score (nSPS) is 11.7. The number of benzene rings is 3. The molecule has 0 aliphatic heterocycles. The molecular weight excluding hydrogens is 529 g/mol. The number of rotatable bonds is 7. The Bertz CT molecular complexity index is 1680. The molecule has 9 nitrogen and oxygen atoms in total. The maximum atomic E-state index is 12.9. The molecule has 0 atom stereocenters. The smallest absolute Gasteiger partial charge is 0.416 e. The van der Waals surface area contributed by atoms with E-state index in [2.05, 4.69) is 0 Å². The van der Waals surface area contributed by atoms with Crippen LogP contribution in [0, 0.1) is 45.4 Å². The Labute approximate surface area is 225 Å². The maximum Gasteiger partial charge on any atom is 0.416 e. The summed E-state index contributed by atoms with van der Waals surface area (Å²) in [4.78, 5) is 20.8. The second kappa shape index (κ2) is 10.7. The first kappa shape index (κ1) is 27.6. The minimum absolute atomic E-state index is 0.156. The zero-order chi connectivity index (χ0) is 29.2. The lowest BCUT2D eigenvalue weighted by Crippen LogP contribution is -2.04. The van der Waals surface area contributed by atoms with Crippen LogP contribution < -0.4 is 4.74 Å². The van der Waals surface area contributed by atoms with Crippen LogP contribution in [0.25, 0.3) is 17.3 Å². The number of hydrogen-bond donors (Lipinski definition) is 0. The molecule has 0 spiro atoms. The highest BCUT2D eigenvalue weighted by atomic mass is 19.4. The summed E-state index contributed by atoms with van der Waals surface area (Å²) in [5.41, 5.74) is 1.74. The second-order valence-electron chi connectivity index (χ2n) is 8.67. The maximum absolute atomic E-state index is 12.9. The van der Waals surface area contributed by atoms with Gasteiger partial charge in [-0.3, -0.25) is 20.2 Å². The Hall–Kier alpha value is -5.44. The molecule has 0 amide bonds. The van der Waals surface area contributed by atoms with E-state index in [1.54, 1.807) is 30.3 Å². The number of allylic oxidation sites excluding steroid dienone is 1. The molecule has 0 bridgehead atoms. The van der Waals surface area contributed by atoms with Crippen LogP contribution in [0.15, 0.2) is 72.8 Å². The van der Waals surface area contributed by atoms with Gasteiger partial charge in [0.05, 0.1) is 33.1 Å². The van der Waals surface area contributed by atoms with Crippen LogP contribution >= 0.6 is 0 Å². The van der Waals surface area contributed by atoms with E-state index in [4.69, 9.17) is 4.74 Å². The number of halogens is 3. The van der Waals surface area contributed by atoms with Gasteiger partial charge in [-0.15, -0.1) is 0 Å². The molecule has 0 fully saturated rings. The molecule has 3 aromatic carbocycles. The van der Waals surface area contributed by atoms with Crippen molar-refractivity contribution in [3.63, 3.8) is 0 Å². The number of aromatic nitrogens is 1. The monoisotopic (exact) mass is 548 g/mol. The van der Waals surface area contributed by atoms with Gasteiger partial charge in [0.25, 0.3) is 5.69 Å². The van der Waals surface area contributed by atoms with E-state index in [-0.39, 0.29) is 17.1 Å². The van der Waals surface area contributed by atoms with Gasteiger partial charge in [0, 0.05) is 23.1 Å². The highest BCUT2D eigenvalue weighted by Gasteiger charge is 2.30. The molecule has 4 aromatic rings. The zero-order valence-corrected chi connectivity index (χ0v) is 21.0. The summed E-state index contributed by atoms with van der Waals surface area (Å²) in [6.07, 6.45) is -2.87. The standard InChI is InChI=1S/C28H19F3N4O5/c1-17-13-20(14-21(16-32)19-3-5-22(6-4-19)28(29,30)31)18(2)33(17)23-7-10-25(11-8-23)40-27-12-9-24(34(36)37)15-26(27)35(38)39/h3-15H,1-2H3/b21-14-. The lowest BCUT2D eigenvalue weighted by molar-refractivity contribution is -0.394. The zero-order valence-electron chi connectivity index (χ0n) is 21.0. The van der Waals surface area contributed by atoms with Crippen molar-refractivity contribution >= 4 is 23.0 Å². The number of alkyl halides is 3. The van der Waals surface area contributed by atoms with Gasteiger partial charge in [0.1, 0.15) is 5.75 Å². The van der Waals surface area contributed by atoms with Gasteiger partial charge in [-0.2, -0.15) is 18.4 Å². The van der Waals surface area contributed by atoms with Crippen molar-refractivity contribution in [2.45, 2.75) is 20.0 Å². The average molecular weight is 548 g/mol. The molecule has 4 rings (SSSR count). The lowest BCUT2D eigenvalue weighted by Gasteiger charge is -2.11. The molecule has 0 saturated carbocycles. The van der Waals surface area contributed by atoms with E-state index in [0.717, 1.165) is 41.7 Å². The second-order valence-corrected chi connectivity index (χ2v) is 8.67. The third-order valence-electron chi connectivity index (χ3n) is 6.09. The fourth-order valence-electron chi connectivity index (χ4n) is 4.14. The number of nitro benzene ring substituents is 2. The topological polar surface area (TPSA) is 124 Å². The summed E-state index contributed by atoms with van der Waals surface area (Å²) in [7, 11) is 0. The fourth-order valence-corrected chi connectivity index (χ4v) is 4.14. The summed E-state index contributed by atoms with van der Waals surface area (Å²) >= 11 is 0. The number of hydrogen-bond acceptors (Lipinski definition) is 6. The lowest BCUT2D eigenvalue weighted by atomic mass is 10.0. The Kier molecular flexibility index (Phi) is 7.41. The van der Waals surface area contributed by atoms with Crippen LogP contribution in [0.2, 0.25) is 0 Å². The van der Waals surface area contributed by atoms with Gasteiger partial charge >= 0.3 is 11.9 Å². The number of non-ortho nitro benzene ring substituents is 1. The minimum Gasteiger partial charge on any atom is -0.450 e. The van der Waals surface area contributed by atoms with Crippen molar-refractivity contribution in [1.29, 1.82) is 5.26 Å². The predicted molar refractivity (Wildman–Crippen MR) is 140 cm³/mol. The Morgan fingerprint density at radius 3 is 2.15 bits per heavy atom. The number of aryl methyl sites for hydroxylation is 1. The molecule has 0 N–H and O–H groups in total. The molecular formula is C28H19F3N4O5. The highest BCUT2D eigenvalue weighted by molar-refractivity contribution is 5.90. The van der Waals surface area contributed by atoms with Gasteiger partial charge in [0.15, 0.2) is 0 Å². The van der Waals surface area contributed by atoms with E-state index in [0.29, 0.717) is 16.8 Å². The summed E-state index contributed by atoms with van der Waals surface area (Å²) in [6, 6.07) is 17.9. The van der Waals surface area contributed by atoms with Crippen LogP contribution in [0.1, 0.15) is 28.1 Å². The Morgan fingerprint density at radius 2 is 1.60 bits per heavy atom. The SMILES string of the molecule is Cc1cc(/C=C(/C#N)c2ccc(C(F)(F)F)cc2)c(C)n1-c1ccc(Oc2ccc([N+](=O)[O-])cc2[N+](=O)[O-])cc1. The van der Waals surface area contributed by atoms with E-state index >= 15 is 0 Å². The first-order valence-corrected chi connectivity index (χ1v) is 11.6. The van der Waals surface area contributed by atoms with Crippen LogP contribution in [-0.2, 0) is 6.18 Å². The van der Waals surface area contributed by atoms with E-state index in [1.165, 1.54) is 12.1 Å². The molecule has 0 unspecified atom stereocenters. The fraction of sp³-hybridized carbons (Fsp3) is 0.107. The quantitative estimate of drug-likeness (QED) is 0.132. The third kappa shape index (κ3) is 5.68. The van der Waals surface area contributed by atoms with E-state index in [9.17, 15) is 38.7 Å². The van der Waals surface area contributed by atoms with E-state index < -0.39 is 33.0 Å². The Balaban J connectivity index is 1.61. The minimum atomic E-state index is -4.48. The Morgan fingerprint density at radius 1 is 0.950 bits per heavy atom. The average Bonchev–Trinajstić information content (AvgIpc) is 3.19. The van der Waals surface area contributed by atoms with Crippen LogP contribution in [0.3, 0.4) is 0 Å². The molecule has 202 valence electrons. The van der Waals surface area contributed by atoms with Gasteiger partial charge in [0.2, 0.25) is 5.75 Å². The van der Waals surface area contributed by atoms with Gasteiger partial charge in [-0.25, -0.2) is 0 Å². The van der Waals surface area contributed by atoms with Crippen molar-refractivity contribution < 1.29 is 27.8 Å². The third-order valence-corrected chi connectivity index (χ3v) is 6.09. The summed E-state index contributed by atoms with van der Waals surface area (Å²) in [6.45, 7) is 3.67. The highest BCUT2D eigenvalue weighted by Crippen LogP contribution is 2.35. The van der Waals surface area contributed by atoms with Crippen LogP contribution in [0.5, 0.6) is 11.5 Å². The summed E-state index contributed by atoms with van der Waals surface area (Å²) in [5.74, 6) is 0.105. The molecule has 1 heterocycles. The van der Waals surface area contributed by atoms with Crippen LogP contribution in [0.4, 0.5) is 24.5 Å². The van der Waals surface area contributed by atoms with Crippen molar-refractivity contribution in [3.05, 3.63) is 121 Å². The van der Waals surface area contributed by atoms with Crippen molar-refractivity contribution in [3.8, 4) is 23.3 Å².